The molecule has 1 aromatic carbocycles. The quantitative estimate of drug-likeness (QED) is 0.943. The van der Waals surface area contributed by atoms with Crippen LogP contribution in [0.2, 0.25) is 0 Å². The normalized spacial score (nSPS) is 15.0. The van der Waals surface area contributed by atoms with Crippen LogP contribution in [0, 0.1) is 6.92 Å². The van der Waals surface area contributed by atoms with Gasteiger partial charge in [0.2, 0.25) is 0 Å². The van der Waals surface area contributed by atoms with Crippen LogP contribution in [0.1, 0.15) is 24.2 Å². The smallest absolute Gasteiger partial charge is 0.258 e. The van der Waals surface area contributed by atoms with Crippen molar-refractivity contribution >= 4 is 15.9 Å². The third-order valence-electron chi connectivity index (χ3n) is 3.01. The molecule has 1 heterocycles. The fourth-order valence-electron chi connectivity index (χ4n) is 1.83. The fourth-order valence-corrected chi connectivity index (χ4v) is 2.30. The molecule has 18 heavy (non-hydrogen) atoms. The second-order valence-corrected chi connectivity index (χ2v) is 5.55. The van der Waals surface area contributed by atoms with Crippen LogP contribution in [0.4, 0.5) is 0 Å². The molecule has 1 aliphatic carbocycles. The number of nitrogens with zero attached hydrogens (tertiary/aromatic N) is 2. The van der Waals surface area contributed by atoms with Crippen molar-refractivity contribution < 1.29 is 4.52 Å². The zero-order valence-corrected chi connectivity index (χ0v) is 11.7. The number of nitrogens with one attached hydrogen (secondary N) is 1. The van der Waals surface area contributed by atoms with E-state index in [4.69, 9.17) is 4.52 Å². The van der Waals surface area contributed by atoms with Crippen molar-refractivity contribution in [2.75, 3.05) is 0 Å². The average Bonchev–Trinajstić information content (AvgIpc) is 3.05. The molecule has 1 fully saturated rings. The van der Waals surface area contributed by atoms with Gasteiger partial charge in [-0.15, -0.1) is 0 Å². The minimum atomic E-state index is 0.590. The summed E-state index contributed by atoms with van der Waals surface area (Å²) in [5.41, 5.74) is 2.11. The van der Waals surface area contributed by atoms with Gasteiger partial charge in [-0.3, -0.25) is 0 Å². The first kappa shape index (κ1) is 11.9. The summed E-state index contributed by atoms with van der Waals surface area (Å²) in [7, 11) is 0. The van der Waals surface area contributed by atoms with Gasteiger partial charge in [0, 0.05) is 16.1 Å². The molecule has 1 saturated carbocycles. The Hall–Kier alpha value is -1.20. The first-order valence-corrected chi connectivity index (χ1v) is 6.84. The largest absolute Gasteiger partial charge is 0.334 e. The van der Waals surface area contributed by atoms with Gasteiger partial charge in [0.25, 0.3) is 5.89 Å². The van der Waals surface area contributed by atoms with Crippen molar-refractivity contribution in [3.05, 3.63) is 34.1 Å². The molecule has 1 aromatic heterocycles. The Morgan fingerprint density at radius 2 is 2.28 bits per heavy atom. The van der Waals surface area contributed by atoms with Crippen LogP contribution in [0.15, 0.2) is 27.2 Å². The maximum Gasteiger partial charge on any atom is 0.258 e. The summed E-state index contributed by atoms with van der Waals surface area (Å²) in [5.74, 6) is 1.31. The molecule has 0 radical (unpaired) electrons. The Bertz CT molecular complexity index is 563. The maximum absolute atomic E-state index is 5.31. The molecule has 0 atom stereocenters. The lowest BCUT2D eigenvalue weighted by molar-refractivity contribution is 0.419. The van der Waals surface area contributed by atoms with E-state index in [9.17, 15) is 0 Å². The molecule has 0 unspecified atom stereocenters. The monoisotopic (exact) mass is 307 g/mol. The molecule has 94 valence electrons. The Morgan fingerprint density at radius 3 is 3.00 bits per heavy atom. The van der Waals surface area contributed by atoms with E-state index in [-0.39, 0.29) is 0 Å². The van der Waals surface area contributed by atoms with E-state index in [1.807, 2.05) is 25.1 Å². The number of aryl methyl sites for hydroxylation is 1. The summed E-state index contributed by atoms with van der Waals surface area (Å²) < 4.78 is 6.36. The summed E-state index contributed by atoms with van der Waals surface area (Å²) in [6, 6.07) is 6.67. The highest BCUT2D eigenvalue weighted by atomic mass is 79.9. The molecule has 3 rings (SSSR count). The molecule has 1 N–H and O–H groups in total. The fraction of sp³-hybridized carbons (Fsp3) is 0.385. The van der Waals surface area contributed by atoms with Crippen molar-refractivity contribution in [2.45, 2.75) is 32.4 Å². The topological polar surface area (TPSA) is 51.0 Å². The van der Waals surface area contributed by atoms with Gasteiger partial charge in [0.1, 0.15) is 0 Å². The molecule has 0 bridgehead atoms. The van der Waals surface area contributed by atoms with Gasteiger partial charge in [-0.05, 0) is 43.5 Å². The van der Waals surface area contributed by atoms with Crippen LogP contribution in [0.25, 0.3) is 11.5 Å². The molecule has 1 aliphatic rings. The van der Waals surface area contributed by atoms with E-state index in [2.05, 4.69) is 31.4 Å². The number of benzene rings is 1. The van der Waals surface area contributed by atoms with Crippen LogP contribution in [-0.2, 0) is 6.54 Å². The first-order valence-electron chi connectivity index (χ1n) is 6.05. The van der Waals surface area contributed by atoms with Gasteiger partial charge in [-0.1, -0.05) is 21.1 Å². The van der Waals surface area contributed by atoms with Crippen molar-refractivity contribution in [3.8, 4) is 11.5 Å². The first-order chi connectivity index (χ1) is 8.72. The standard InChI is InChI=1S/C13H14BrN3O/c1-8-6-9(14)2-5-11(8)13-16-12(17-18-13)7-15-10-3-4-10/h2,5-6,10,15H,3-4,7H2,1H3. The molecule has 0 amide bonds. The predicted octanol–water partition coefficient (Wildman–Crippen LogP) is 3.06. The van der Waals surface area contributed by atoms with E-state index in [1.54, 1.807) is 0 Å². The molecular formula is C13H14BrN3O. The van der Waals surface area contributed by atoms with Crippen LogP contribution in [-0.4, -0.2) is 16.2 Å². The van der Waals surface area contributed by atoms with Crippen LogP contribution in [0.3, 0.4) is 0 Å². The van der Waals surface area contributed by atoms with Crippen molar-refractivity contribution in [1.82, 2.24) is 15.5 Å². The minimum absolute atomic E-state index is 0.590. The highest BCUT2D eigenvalue weighted by molar-refractivity contribution is 9.10. The Labute approximate surface area is 114 Å². The number of hydrogen-bond acceptors (Lipinski definition) is 4. The Kier molecular flexibility index (Phi) is 3.18. The Balaban J connectivity index is 1.78. The van der Waals surface area contributed by atoms with Crippen molar-refractivity contribution in [1.29, 1.82) is 0 Å². The summed E-state index contributed by atoms with van der Waals surface area (Å²) in [6.07, 6.45) is 2.52. The zero-order valence-electron chi connectivity index (χ0n) is 10.1. The molecule has 0 spiro atoms. The average molecular weight is 308 g/mol. The summed E-state index contributed by atoms with van der Waals surface area (Å²) >= 11 is 3.45. The van der Waals surface area contributed by atoms with Crippen LogP contribution >= 0.6 is 15.9 Å². The summed E-state index contributed by atoms with van der Waals surface area (Å²) in [5, 5.41) is 7.36. The van der Waals surface area contributed by atoms with E-state index < -0.39 is 0 Å². The SMILES string of the molecule is Cc1cc(Br)ccc1-c1nc(CNC2CC2)no1. The van der Waals surface area contributed by atoms with Gasteiger partial charge < -0.3 is 9.84 Å². The number of aromatic nitrogens is 2. The summed E-state index contributed by atoms with van der Waals surface area (Å²) in [4.78, 5) is 4.42. The second-order valence-electron chi connectivity index (χ2n) is 4.63. The molecule has 0 aliphatic heterocycles. The van der Waals surface area contributed by atoms with Gasteiger partial charge in [-0.2, -0.15) is 4.98 Å². The molecule has 5 heteroatoms. The third-order valence-corrected chi connectivity index (χ3v) is 3.51. The van der Waals surface area contributed by atoms with Crippen LogP contribution in [0.5, 0.6) is 0 Å². The molecule has 0 saturated heterocycles. The van der Waals surface area contributed by atoms with E-state index in [0.717, 1.165) is 21.4 Å². The lowest BCUT2D eigenvalue weighted by Crippen LogP contribution is -2.16. The predicted molar refractivity (Wildman–Crippen MR) is 72.0 cm³/mol. The minimum Gasteiger partial charge on any atom is -0.334 e. The van der Waals surface area contributed by atoms with E-state index in [0.29, 0.717) is 18.5 Å². The van der Waals surface area contributed by atoms with Gasteiger partial charge >= 0.3 is 0 Å². The number of rotatable bonds is 4. The zero-order chi connectivity index (χ0) is 12.5. The highest BCUT2D eigenvalue weighted by Gasteiger charge is 2.21. The maximum atomic E-state index is 5.31. The molecule has 2 aromatic rings. The number of halogens is 1. The lowest BCUT2D eigenvalue weighted by atomic mass is 10.1. The van der Waals surface area contributed by atoms with Gasteiger partial charge in [-0.25, -0.2) is 0 Å². The lowest BCUT2D eigenvalue weighted by Gasteiger charge is -2.00. The number of hydrogen-bond donors (Lipinski definition) is 1. The highest BCUT2D eigenvalue weighted by Crippen LogP contribution is 2.25. The third kappa shape index (κ3) is 2.62. The van der Waals surface area contributed by atoms with Gasteiger partial charge in [0.05, 0.1) is 6.54 Å². The van der Waals surface area contributed by atoms with Gasteiger partial charge in [0.15, 0.2) is 5.82 Å². The van der Waals surface area contributed by atoms with Crippen molar-refractivity contribution in [2.24, 2.45) is 0 Å². The summed E-state index contributed by atoms with van der Waals surface area (Å²) in [6.45, 7) is 2.72. The molecular weight excluding hydrogens is 294 g/mol. The van der Waals surface area contributed by atoms with E-state index in [1.165, 1.54) is 12.8 Å². The van der Waals surface area contributed by atoms with Crippen LogP contribution < -0.4 is 5.32 Å². The second kappa shape index (κ2) is 4.82. The molecule has 4 nitrogen and oxygen atoms in total. The van der Waals surface area contributed by atoms with E-state index >= 15 is 0 Å². The Morgan fingerprint density at radius 1 is 1.44 bits per heavy atom. The van der Waals surface area contributed by atoms with Crippen molar-refractivity contribution in [3.63, 3.8) is 0 Å².